The Morgan fingerprint density at radius 2 is 2.28 bits per heavy atom. The van der Waals surface area contributed by atoms with E-state index < -0.39 is 11.9 Å². The van der Waals surface area contributed by atoms with Gasteiger partial charge in [-0.05, 0) is 25.1 Å². The van der Waals surface area contributed by atoms with Crippen molar-refractivity contribution in [2.24, 2.45) is 0 Å². The first-order valence-corrected chi connectivity index (χ1v) is 5.72. The van der Waals surface area contributed by atoms with Gasteiger partial charge >= 0.3 is 0 Å². The van der Waals surface area contributed by atoms with Gasteiger partial charge in [-0.1, -0.05) is 0 Å². The molecule has 4 nitrogen and oxygen atoms in total. The zero-order valence-electron chi connectivity index (χ0n) is 10.4. The molecule has 1 unspecified atom stereocenters. The summed E-state index contributed by atoms with van der Waals surface area (Å²) < 4.78 is 14.0. The van der Waals surface area contributed by atoms with Crippen molar-refractivity contribution >= 4 is 22.3 Å². The molecule has 0 bridgehead atoms. The standard InChI is InChI=1S/C13H16FN3O/c1-8(18)7-17(2)13-10(14)6-11(15)9-4-3-5-16-12(9)13/h3-6,8,18H,7,15H2,1-2H3. The molecule has 2 aromatic rings. The Balaban J connectivity index is 2.62. The number of aromatic nitrogens is 1. The highest BCUT2D eigenvalue weighted by molar-refractivity contribution is 5.98. The van der Waals surface area contributed by atoms with E-state index in [1.54, 1.807) is 37.2 Å². The van der Waals surface area contributed by atoms with Crippen LogP contribution < -0.4 is 10.6 Å². The van der Waals surface area contributed by atoms with E-state index in [2.05, 4.69) is 4.98 Å². The maximum absolute atomic E-state index is 14.0. The summed E-state index contributed by atoms with van der Waals surface area (Å²) in [5.41, 5.74) is 7.02. The minimum atomic E-state index is -0.550. The third-order valence-electron chi connectivity index (χ3n) is 2.77. The normalized spacial score (nSPS) is 12.7. The van der Waals surface area contributed by atoms with Gasteiger partial charge in [0.15, 0.2) is 5.82 Å². The van der Waals surface area contributed by atoms with Crippen LogP contribution in [0.25, 0.3) is 10.9 Å². The summed E-state index contributed by atoms with van der Waals surface area (Å²) in [6.07, 6.45) is 1.05. The average molecular weight is 249 g/mol. The Labute approximate surface area is 105 Å². The van der Waals surface area contributed by atoms with E-state index >= 15 is 0 Å². The molecule has 5 heteroatoms. The second kappa shape index (κ2) is 4.78. The molecule has 0 aliphatic heterocycles. The van der Waals surface area contributed by atoms with Crippen LogP contribution >= 0.6 is 0 Å². The zero-order valence-corrected chi connectivity index (χ0v) is 10.4. The van der Waals surface area contributed by atoms with Crippen molar-refractivity contribution in [3.05, 3.63) is 30.2 Å². The quantitative estimate of drug-likeness (QED) is 0.814. The molecule has 2 rings (SSSR count). The molecule has 0 amide bonds. The van der Waals surface area contributed by atoms with Crippen LogP contribution in [0.5, 0.6) is 0 Å². The van der Waals surface area contributed by atoms with Gasteiger partial charge in [0.2, 0.25) is 0 Å². The predicted octanol–water partition coefficient (Wildman–Crippen LogP) is 1.77. The van der Waals surface area contributed by atoms with Gasteiger partial charge in [0.25, 0.3) is 0 Å². The van der Waals surface area contributed by atoms with Crippen LogP contribution in [0, 0.1) is 5.82 Å². The SMILES string of the molecule is CC(O)CN(C)c1c(F)cc(N)c2cccnc12. The fourth-order valence-corrected chi connectivity index (χ4v) is 2.07. The van der Waals surface area contributed by atoms with E-state index in [0.29, 0.717) is 28.8 Å². The summed E-state index contributed by atoms with van der Waals surface area (Å²) in [4.78, 5) is 5.84. The maximum atomic E-state index is 14.0. The first-order valence-electron chi connectivity index (χ1n) is 5.72. The summed E-state index contributed by atoms with van der Waals surface area (Å²) in [5, 5.41) is 10.1. The van der Waals surface area contributed by atoms with Crippen molar-refractivity contribution < 1.29 is 9.50 Å². The lowest BCUT2D eigenvalue weighted by molar-refractivity contribution is 0.201. The number of anilines is 2. The van der Waals surface area contributed by atoms with Crippen LogP contribution in [-0.4, -0.2) is 29.8 Å². The summed E-state index contributed by atoms with van der Waals surface area (Å²) in [7, 11) is 1.72. The number of nitrogens with two attached hydrogens (primary N) is 1. The zero-order chi connectivity index (χ0) is 13.3. The summed E-state index contributed by atoms with van der Waals surface area (Å²) in [5.74, 6) is -0.429. The van der Waals surface area contributed by atoms with Crippen molar-refractivity contribution in [3.8, 4) is 0 Å². The average Bonchev–Trinajstić information content (AvgIpc) is 2.28. The van der Waals surface area contributed by atoms with Crippen molar-refractivity contribution in [3.63, 3.8) is 0 Å². The molecule has 1 aromatic carbocycles. The van der Waals surface area contributed by atoms with Crippen LogP contribution in [0.2, 0.25) is 0 Å². The van der Waals surface area contributed by atoms with Crippen molar-refractivity contribution in [1.82, 2.24) is 4.98 Å². The van der Waals surface area contributed by atoms with E-state index in [9.17, 15) is 9.50 Å². The van der Waals surface area contributed by atoms with Crippen LogP contribution in [0.1, 0.15) is 6.92 Å². The monoisotopic (exact) mass is 249 g/mol. The van der Waals surface area contributed by atoms with E-state index in [1.165, 1.54) is 6.07 Å². The smallest absolute Gasteiger partial charge is 0.150 e. The lowest BCUT2D eigenvalue weighted by Crippen LogP contribution is -2.28. The molecule has 1 heterocycles. The van der Waals surface area contributed by atoms with E-state index in [4.69, 9.17) is 5.73 Å². The van der Waals surface area contributed by atoms with Gasteiger partial charge < -0.3 is 15.7 Å². The molecule has 0 radical (unpaired) electrons. The molecule has 18 heavy (non-hydrogen) atoms. The van der Waals surface area contributed by atoms with Gasteiger partial charge in [0.1, 0.15) is 0 Å². The molecular weight excluding hydrogens is 233 g/mol. The van der Waals surface area contributed by atoms with Gasteiger partial charge in [-0.2, -0.15) is 0 Å². The van der Waals surface area contributed by atoms with Crippen LogP contribution in [-0.2, 0) is 0 Å². The Kier molecular flexibility index (Phi) is 3.34. The lowest BCUT2D eigenvalue weighted by atomic mass is 10.1. The van der Waals surface area contributed by atoms with Crippen LogP contribution in [0.4, 0.5) is 15.8 Å². The molecule has 0 saturated heterocycles. The maximum Gasteiger partial charge on any atom is 0.150 e. The number of nitrogen functional groups attached to an aromatic ring is 1. The molecule has 0 saturated carbocycles. The Morgan fingerprint density at radius 3 is 2.94 bits per heavy atom. The number of halogens is 1. The molecule has 0 aliphatic carbocycles. The number of pyridine rings is 1. The highest BCUT2D eigenvalue weighted by Gasteiger charge is 2.16. The number of likely N-dealkylation sites (N-methyl/N-ethyl adjacent to an activating group) is 1. The van der Waals surface area contributed by atoms with Crippen LogP contribution in [0.15, 0.2) is 24.4 Å². The fraction of sp³-hybridized carbons (Fsp3) is 0.308. The van der Waals surface area contributed by atoms with E-state index in [1.807, 2.05) is 0 Å². The number of hydrogen-bond donors (Lipinski definition) is 2. The predicted molar refractivity (Wildman–Crippen MR) is 71.1 cm³/mol. The van der Waals surface area contributed by atoms with Gasteiger partial charge in [-0.3, -0.25) is 4.98 Å². The third kappa shape index (κ3) is 2.22. The van der Waals surface area contributed by atoms with Gasteiger partial charge in [0, 0.05) is 30.9 Å². The summed E-state index contributed by atoms with van der Waals surface area (Å²) >= 11 is 0. The Bertz CT molecular complexity index is 571. The minimum Gasteiger partial charge on any atom is -0.398 e. The molecule has 1 atom stereocenters. The fourth-order valence-electron chi connectivity index (χ4n) is 2.07. The number of benzene rings is 1. The van der Waals surface area contributed by atoms with Gasteiger partial charge in [0.05, 0.1) is 17.3 Å². The molecule has 96 valence electrons. The first kappa shape index (κ1) is 12.6. The highest BCUT2D eigenvalue weighted by atomic mass is 19.1. The molecule has 0 fully saturated rings. The summed E-state index contributed by atoms with van der Waals surface area (Å²) in [6.45, 7) is 1.98. The largest absolute Gasteiger partial charge is 0.398 e. The lowest BCUT2D eigenvalue weighted by Gasteiger charge is -2.23. The molecule has 0 aliphatic rings. The van der Waals surface area contributed by atoms with Gasteiger partial charge in [-0.15, -0.1) is 0 Å². The first-order chi connectivity index (χ1) is 8.50. The number of hydrogen-bond acceptors (Lipinski definition) is 4. The number of rotatable bonds is 3. The third-order valence-corrected chi connectivity index (χ3v) is 2.77. The molecule has 3 N–H and O–H groups in total. The van der Waals surface area contributed by atoms with E-state index in [0.717, 1.165) is 0 Å². The Hall–Kier alpha value is -1.88. The number of nitrogens with zero attached hydrogens (tertiary/aromatic N) is 2. The number of aliphatic hydroxyl groups is 1. The summed E-state index contributed by atoms with van der Waals surface area (Å²) in [6, 6.07) is 4.85. The topological polar surface area (TPSA) is 62.4 Å². The number of fused-ring (bicyclic) bond motifs is 1. The second-order valence-corrected chi connectivity index (χ2v) is 4.43. The van der Waals surface area contributed by atoms with Crippen molar-refractivity contribution in [2.45, 2.75) is 13.0 Å². The molecule has 0 spiro atoms. The van der Waals surface area contributed by atoms with Crippen molar-refractivity contribution in [1.29, 1.82) is 0 Å². The van der Waals surface area contributed by atoms with Gasteiger partial charge in [-0.25, -0.2) is 4.39 Å². The van der Waals surface area contributed by atoms with Crippen LogP contribution in [0.3, 0.4) is 0 Å². The Morgan fingerprint density at radius 1 is 1.56 bits per heavy atom. The number of aliphatic hydroxyl groups excluding tert-OH is 1. The second-order valence-electron chi connectivity index (χ2n) is 4.43. The minimum absolute atomic E-state index is 0.326. The molecular formula is C13H16FN3O. The van der Waals surface area contributed by atoms with Crippen molar-refractivity contribution in [2.75, 3.05) is 24.2 Å². The highest BCUT2D eigenvalue weighted by Crippen LogP contribution is 2.31. The van der Waals surface area contributed by atoms with E-state index in [-0.39, 0.29) is 0 Å². The molecule has 1 aromatic heterocycles.